The van der Waals surface area contributed by atoms with Crippen LogP contribution in [0.5, 0.6) is 0 Å². The van der Waals surface area contributed by atoms with Gasteiger partial charge in [0.05, 0.1) is 17.7 Å². The Hall–Kier alpha value is -2.87. The van der Waals surface area contributed by atoms with Crippen LogP contribution in [0, 0.1) is 6.92 Å². The van der Waals surface area contributed by atoms with Crippen molar-refractivity contribution < 1.29 is 17.6 Å². The molecule has 1 aromatic heterocycles. The topological polar surface area (TPSA) is 88.4 Å². The molecule has 29 heavy (non-hydrogen) atoms. The number of amides is 1. The summed E-state index contributed by atoms with van der Waals surface area (Å²) in [6, 6.07) is 14.8. The number of carbonyl (C=O) groups excluding carboxylic acids is 1. The minimum atomic E-state index is -3.75. The first kappa shape index (κ1) is 20.9. The SMILES string of the molecule is Cc1ccc(/C=C/C(=O)Nc2cccc(S(=O)(=O)NCc3ccco3)c2)cc1Cl. The molecule has 0 aliphatic carbocycles. The number of furan rings is 1. The van der Waals surface area contributed by atoms with Gasteiger partial charge in [-0.2, -0.15) is 0 Å². The second-order valence-electron chi connectivity index (χ2n) is 6.26. The molecule has 0 fully saturated rings. The molecule has 8 heteroatoms. The van der Waals surface area contributed by atoms with Crippen LogP contribution in [0.25, 0.3) is 6.08 Å². The number of hydrogen-bond donors (Lipinski definition) is 2. The normalized spacial score (nSPS) is 11.7. The van der Waals surface area contributed by atoms with Crippen LogP contribution in [0.4, 0.5) is 5.69 Å². The molecule has 0 saturated carbocycles. The van der Waals surface area contributed by atoms with E-state index in [0.29, 0.717) is 16.5 Å². The number of rotatable bonds is 7. The van der Waals surface area contributed by atoms with Crippen LogP contribution in [0.2, 0.25) is 5.02 Å². The van der Waals surface area contributed by atoms with Crippen LogP contribution in [0.1, 0.15) is 16.9 Å². The van der Waals surface area contributed by atoms with E-state index in [1.807, 2.05) is 19.1 Å². The first-order valence-electron chi connectivity index (χ1n) is 8.71. The van der Waals surface area contributed by atoms with Crippen LogP contribution in [0.15, 0.2) is 76.2 Å². The van der Waals surface area contributed by atoms with E-state index in [4.69, 9.17) is 16.0 Å². The number of anilines is 1. The maximum absolute atomic E-state index is 12.4. The zero-order chi connectivity index (χ0) is 20.9. The van der Waals surface area contributed by atoms with Gasteiger partial charge in [-0.1, -0.05) is 29.8 Å². The number of nitrogens with one attached hydrogen (secondary N) is 2. The molecule has 6 nitrogen and oxygen atoms in total. The molecule has 1 amide bonds. The van der Waals surface area contributed by atoms with Gasteiger partial charge < -0.3 is 9.73 Å². The summed E-state index contributed by atoms with van der Waals surface area (Å²) in [4.78, 5) is 12.2. The van der Waals surface area contributed by atoms with Gasteiger partial charge in [-0.3, -0.25) is 4.79 Å². The fourth-order valence-corrected chi connectivity index (χ4v) is 3.70. The minimum absolute atomic E-state index is 0.0355. The Morgan fingerprint density at radius 3 is 2.69 bits per heavy atom. The average Bonchev–Trinajstić information content (AvgIpc) is 3.21. The summed E-state index contributed by atoms with van der Waals surface area (Å²) >= 11 is 6.07. The monoisotopic (exact) mass is 430 g/mol. The second kappa shape index (κ2) is 9.09. The number of hydrogen-bond acceptors (Lipinski definition) is 4. The lowest BCUT2D eigenvalue weighted by molar-refractivity contribution is -0.111. The highest BCUT2D eigenvalue weighted by Gasteiger charge is 2.15. The number of carbonyl (C=O) groups is 1. The predicted molar refractivity (Wildman–Crippen MR) is 113 cm³/mol. The summed E-state index contributed by atoms with van der Waals surface area (Å²) in [5.74, 6) is 0.110. The van der Waals surface area contributed by atoms with Crippen molar-refractivity contribution >= 4 is 39.3 Å². The lowest BCUT2D eigenvalue weighted by atomic mass is 10.1. The number of halogens is 1. The molecule has 0 aliphatic rings. The third kappa shape index (κ3) is 5.80. The van der Waals surface area contributed by atoms with Crippen molar-refractivity contribution in [3.8, 4) is 0 Å². The van der Waals surface area contributed by atoms with E-state index in [2.05, 4.69) is 10.0 Å². The van der Waals surface area contributed by atoms with Crippen molar-refractivity contribution in [2.45, 2.75) is 18.4 Å². The average molecular weight is 431 g/mol. The number of aryl methyl sites for hydroxylation is 1. The molecule has 2 aromatic carbocycles. The van der Waals surface area contributed by atoms with Crippen LogP contribution in [0.3, 0.4) is 0 Å². The molecule has 0 unspecified atom stereocenters. The smallest absolute Gasteiger partial charge is 0.248 e. The zero-order valence-corrected chi connectivity index (χ0v) is 17.1. The molecule has 150 valence electrons. The lowest BCUT2D eigenvalue weighted by Gasteiger charge is -2.08. The van der Waals surface area contributed by atoms with Gasteiger partial charge in [0.2, 0.25) is 15.9 Å². The molecule has 3 rings (SSSR count). The molecular weight excluding hydrogens is 412 g/mol. The summed E-state index contributed by atoms with van der Waals surface area (Å²) in [5.41, 5.74) is 2.10. The van der Waals surface area contributed by atoms with Gasteiger partial charge in [-0.05, 0) is 60.5 Å². The van der Waals surface area contributed by atoms with Gasteiger partial charge in [0.15, 0.2) is 0 Å². The van der Waals surface area contributed by atoms with E-state index >= 15 is 0 Å². The Balaban J connectivity index is 1.66. The van der Waals surface area contributed by atoms with Crippen molar-refractivity contribution in [2.24, 2.45) is 0 Å². The Labute approximate surface area is 174 Å². The Morgan fingerprint density at radius 1 is 1.14 bits per heavy atom. The predicted octanol–water partition coefficient (Wildman–Crippen LogP) is 4.37. The van der Waals surface area contributed by atoms with Gasteiger partial charge in [0.1, 0.15) is 5.76 Å². The fourth-order valence-electron chi connectivity index (χ4n) is 2.47. The van der Waals surface area contributed by atoms with Gasteiger partial charge in [-0.25, -0.2) is 13.1 Å². The number of benzene rings is 2. The van der Waals surface area contributed by atoms with E-state index in [9.17, 15) is 13.2 Å². The molecule has 0 atom stereocenters. The molecule has 0 bridgehead atoms. The Bertz CT molecular complexity index is 1140. The van der Waals surface area contributed by atoms with E-state index in [0.717, 1.165) is 11.1 Å². The van der Waals surface area contributed by atoms with Crippen molar-refractivity contribution in [3.63, 3.8) is 0 Å². The first-order valence-corrected chi connectivity index (χ1v) is 10.6. The molecule has 0 spiro atoms. The highest BCUT2D eigenvalue weighted by atomic mass is 35.5. The fraction of sp³-hybridized carbons (Fsp3) is 0.0952. The highest BCUT2D eigenvalue weighted by Crippen LogP contribution is 2.18. The van der Waals surface area contributed by atoms with Gasteiger partial charge >= 0.3 is 0 Å². The maximum atomic E-state index is 12.4. The Morgan fingerprint density at radius 2 is 1.97 bits per heavy atom. The zero-order valence-electron chi connectivity index (χ0n) is 15.6. The largest absolute Gasteiger partial charge is 0.468 e. The van der Waals surface area contributed by atoms with E-state index in [1.54, 1.807) is 36.4 Å². The molecular formula is C21H19ClN2O4S. The Kier molecular flexibility index (Phi) is 6.53. The molecule has 0 saturated heterocycles. The molecule has 0 radical (unpaired) electrons. The van der Waals surface area contributed by atoms with Crippen molar-refractivity contribution in [1.29, 1.82) is 0 Å². The third-order valence-corrected chi connectivity index (χ3v) is 5.86. The van der Waals surface area contributed by atoms with E-state index in [1.165, 1.54) is 24.5 Å². The van der Waals surface area contributed by atoms with Gasteiger partial charge in [-0.15, -0.1) is 0 Å². The quantitative estimate of drug-likeness (QED) is 0.544. The summed E-state index contributed by atoms with van der Waals surface area (Å²) in [6.45, 7) is 1.93. The summed E-state index contributed by atoms with van der Waals surface area (Å²) in [6.07, 6.45) is 4.46. The highest BCUT2D eigenvalue weighted by molar-refractivity contribution is 7.89. The standard InChI is InChI=1S/C21H19ClN2O4S/c1-15-7-8-16(12-20(15)22)9-10-21(25)24-17-4-2-6-19(13-17)29(26,27)23-14-18-5-3-11-28-18/h2-13,23H,14H2,1H3,(H,24,25)/b10-9+. The van der Waals surface area contributed by atoms with Crippen LogP contribution in [-0.4, -0.2) is 14.3 Å². The van der Waals surface area contributed by atoms with Crippen LogP contribution < -0.4 is 10.0 Å². The molecule has 0 aliphatic heterocycles. The maximum Gasteiger partial charge on any atom is 0.248 e. The van der Waals surface area contributed by atoms with Crippen molar-refractivity contribution in [3.05, 3.63) is 88.8 Å². The van der Waals surface area contributed by atoms with Crippen molar-refractivity contribution in [2.75, 3.05) is 5.32 Å². The van der Waals surface area contributed by atoms with Gasteiger partial charge in [0, 0.05) is 16.8 Å². The molecule has 1 heterocycles. The van der Waals surface area contributed by atoms with Crippen molar-refractivity contribution in [1.82, 2.24) is 4.72 Å². The van der Waals surface area contributed by atoms with E-state index < -0.39 is 10.0 Å². The lowest BCUT2D eigenvalue weighted by Crippen LogP contribution is -2.23. The minimum Gasteiger partial charge on any atom is -0.468 e. The second-order valence-corrected chi connectivity index (χ2v) is 8.44. The summed E-state index contributed by atoms with van der Waals surface area (Å²) in [5, 5.41) is 3.27. The first-order chi connectivity index (χ1) is 13.8. The van der Waals surface area contributed by atoms with Crippen LogP contribution in [-0.2, 0) is 21.4 Å². The summed E-state index contributed by atoms with van der Waals surface area (Å²) in [7, 11) is -3.75. The van der Waals surface area contributed by atoms with Gasteiger partial charge in [0.25, 0.3) is 0 Å². The number of sulfonamides is 1. The van der Waals surface area contributed by atoms with E-state index in [-0.39, 0.29) is 17.3 Å². The molecule has 3 aromatic rings. The third-order valence-electron chi connectivity index (χ3n) is 4.05. The van der Waals surface area contributed by atoms with Crippen LogP contribution >= 0.6 is 11.6 Å². The summed E-state index contributed by atoms with van der Waals surface area (Å²) < 4.78 is 32.5. The molecule has 2 N–H and O–H groups in total.